The predicted octanol–water partition coefficient (Wildman–Crippen LogP) is 4.70. The molecule has 0 unspecified atom stereocenters. The fourth-order valence-electron chi connectivity index (χ4n) is 8.45. The number of cyclic esters (lactones) is 1. The maximum absolute atomic E-state index is 12.3. The molecule has 0 spiro atoms. The van der Waals surface area contributed by atoms with E-state index < -0.39 is 5.60 Å². The van der Waals surface area contributed by atoms with Gasteiger partial charge in [-0.1, -0.05) is 45.7 Å². The highest BCUT2D eigenvalue weighted by molar-refractivity contribution is 9.25. The number of rotatable bonds is 1. The van der Waals surface area contributed by atoms with Crippen molar-refractivity contribution in [1.82, 2.24) is 0 Å². The summed E-state index contributed by atoms with van der Waals surface area (Å²) in [5, 5.41) is 22.7. The number of carbonyl (C=O) groups is 1. The van der Waals surface area contributed by atoms with Gasteiger partial charge in [-0.3, -0.25) is 0 Å². The van der Waals surface area contributed by atoms with E-state index >= 15 is 0 Å². The lowest BCUT2D eigenvalue weighted by atomic mass is 9.43. The van der Waals surface area contributed by atoms with Crippen LogP contribution >= 0.6 is 31.9 Å². The van der Waals surface area contributed by atoms with Crippen molar-refractivity contribution >= 4 is 37.8 Å². The van der Waals surface area contributed by atoms with Gasteiger partial charge in [0.25, 0.3) is 0 Å². The van der Waals surface area contributed by atoms with Crippen LogP contribution in [0.25, 0.3) is 0 Å². The molecule has 2 N–H and O–H groups in total. The zero-order valence-corrected chi connectivity index (χ0v) is 20.5. The molecule has 1 aliphatic heterocycles. The van der Waals surface area contributed by atoms with Gasteiger partial charge in [0, 0.05) is 11.5 Å². The number of ether oxygens (including phenoxy) is 1. The first kappa shape index (κ1) is 21.0. The van der Waals surface area contributed by atoms with Gasteiger partial charge < -0.3 is 14.9 Å². The lowest BCUT2D eigenvalue weighted by Gasteiger charge is -2.66. The highest BCUT2D eigenvalue weighted by Crippen LogP contribution is 2.73. The molecule has 6 heteroatoms. The highest BCUT2D eigenvalue weighted by Gasteiger charge is 2.70. The average Bonchev–Trinajstić information content (AvgIpc) is 3.16. The van der Waals surface area contributed by atoms with Crippen molar-refractivity contribution < 1.29 is 19.7 Å². The minimum atomic E-state index is -0.701. The highest BCUT2D eigenvalue weighted by atomic mass is 79.9. The van der Waals surface area contributed by atoms with Crippen LogP contribution in [0.15, 0.2) is 11.6 Å². The smallest absolute Gasteiger partial charge is 0.331 e. The number of hydrogen-bond acceptors (Lipinski definition) is 4. The quantitative estimate of drug-likeness (QED) is 0.380. The third-order valence-corrected chi connectivity index (χ3v) is 12.4. The second-order valence-corrected chi connectivity index (χ2v) is 14.6. The van der Waals surface area contributed by atoms with Gasteiger partial charge in [-0.2, -0.15) is 0 Å². The Bertz CT molecular complexity index is 766. The van der Waals surface area contributed by atoms with Crippen LogP contribution in [0.3, 0.4) is 0 Å². The lowest BCUT2D eigenvalue weighted by molar-refractivity contribution is -0.208. The molecule has 5 rings (SSSR count). The molecule has 0 aromatic rings. The van der Waals surface area contributed by atoms with Crippen molar-refractivity contribution in [2.45, 2.75) is 80.2 Å². The zero-order chi connectivity index (χ0) is 20.8. The van der Waals surface area contributed by atoms with Crippen LogP contribution < -0.4 is 0 Å². The molecule has 4 aliphatic carbocycles. The molecule has 4 nitrogen and oxygen atoms in total. The number of fused-ring (bicyclic) bond motifs is 5. The first-order valence-electron chi connectivity index (χ1n) is 11.2. The molecule has 162 valence electrons. The fourth-order valence-corrected chi connectivity index (χ4v) is 10.4. The van der Waals surface area contributed by atoms with Crippen LogP contribution in [0.2, 0.25) is 0 Å². The van der Waals surface area contributed by atoms with E-state index in [1.54, 1.807) is 6.08 Å². The van der Waals surface area contributed by atoms with Gasteiger partial charge >= 0.3 is 5.97 Å². The lowest BCUT2D eigenvalue weighted by Crippen LogP contribution is -2.66. The van der Waals surface area contributed by atoms with Gasteiger partial charge in [-0.25, -0.2) is 4.79 Å². The molecule has 0 saturated heterocycles. The molecular weight excluding hydrogens is 500 g/mol. The van der Waals surface area contributed by atoms with Crippen molar-refractivity contribution in [3.05, 3.63) is 11.6 Å². The number of esters is 1. The molecule has 29 heavy (non-hydrogen) atoms. The summed E-state index contributed by atoms with van der Waals surface area (Å²) in [6.07, 6.45) is 8.86. The number of hydrogen-bond donors (Lipinski definition) is 2. The predicted molar refractivity (Wildman–Crippen MR) is 118 cm³/mol. The minimum absolute atomic E-state index is 0.00397. The van der Waals surface area contributed by atoms with E-state index in [1.807, 2.05) is 0 Å². The van der Waals surface area contributed by atoms with E-state index in [1.165, 1.54) is 0 Å². The summed E-state index contributed by atoms with van der Waals surface area (Å²) in [6, 6.07) is 0. The van der Waals surface area contributed by atoms with E-state index in [2.05, 4.69) is 45.7 Å². The number of aliphatic hydroxyl groups excluding tert-OH is 1. The van der Waals surface area contributed by atoms with Gasteiger partial charge in [-0.15, -0.1) is 0 Å². The maximum Gasteiger partial charge on any atom is 0.331 e. The number of carbonyl (C=O) groups excluding carboxylic acids is 1. The molecule has 0 aromatic heterocycles. The summed E-state index contributed by atoms with van der Waals surface area (Å²) in [6.45, 7) is 5.04. The Hall–Kier alpha value is 0.0900. The zero-order valence-electron chi connectivity index (χ0n) is 17.3. The van der Waals surface area contributed by atoms with E-state index in [-0.39, 0.29) is 38.0 Å². The van der Waals surface area contributed by atoms with Crippen molar-refractivity contribution in [1.29, 1.82) is 0 Å². The van der Waals surface area contributed by atoms with Gasteiger partial charge in [0.2, 0.25) is 0 Å². The second-order valence-electron chi connectivity index (χ2n) is 10.9. The van der Waals surface area contributed by atoms with Crippen molar-refractivity contribution in [2.24, 2.45) is 34.5 Å². The Morgan fingerprint density at radius 2 is 1.86 bits per heavy atom. The Labute approximate surface area is 190 Å². The molecule has 0 amide bonds. The van der Waals surface area contributed by atoms with E-state index in [4.69, 9.17) is 4.74 Å². The molecule has 1 heterocycles. The van der Waals surface area contributed by atoms with Crippen LogP contribution in [0, 0.1) is 34.5 Å². The topological polar surface area (TPSA) is 66.8 Å². The summed E-state index contributed by atoms with van der Waals surface area (Å²) in [4.78, 5) is 11.7. The molecule has 4 saturated carbocycles. The van der Waals surface area contributed by atoms with Crippen LogP contribution in [-0.4, -0.2) is 37.7 Å². The Balaban J connectivity index is 1.51. The van der Waals surface area contributed by atoms with Crippen LogP contribution in [-0.2, 0) is 9.53 Å². The van der Waals surface area contributed by atoms with Gasteiger partial charge in [0.1, 0.15) is 6.61 Å². The normalized spacial score (nSPS) is 53.5. The summed E-state index contributed by atoms with van der Waals surface area (Å²) >= 11 is 7.96. The first-order chi connectivity index (χ1) is 13.5. The molecule has 0 radical (unpaired) electrons. The minimum Gasteiger partial charge on any atom is -0.458 e. The van der Waals surface area contributed by atoms with Crippen LogP contribution in [0.5, 0.6) is 0 Å². The van der Waals surface area contributed by atoms with Crippen molar-refractivity contribution in [3.63, 3.8) is 0 Å². The van der Waals surface area contributed by atoms with Crippen LogP contribution in [0.1, 0.15) is 65.2 Å². The van der Waals surface area contributed by atoms with Gasteiger partial charge in [-0.05, 0) is 86.0 Å². The van der Waals surface area contributed by atoms with Crippen molar-refractivity contribution in [3.8, 4) is 0 Å². The van der Waals surface area contributed by atoms with Crippen LogP contribution in [0.4, 0.5) is 0 Å². The SMILES string of the molecule is C[C@]12[C@H](CC[C@@H]3[C@@H]1CC[C@]1(C)[C@@H](C4=CC(=O)OC4)CC[C@]31O)C[C@H](O)CC2(Br)Br. The summed E-state index contributed by atoms with van der Waals surface area (Å²) in [5.74, 6) is 1.14. The van der Waals surface area contributed by atoms with E-state index in [0.717, 1.165) is 50.5 Å². The third kappa shape index (κ3) is 2.64. The second kappa shape index (κ2) is 6.55. The molecule has 8 atom stereocenters. The number of aliphatic hydroxyl groups is 2. The molecule has 0 aromatic carbocycles. The largest absolute Gasteiger partial charge is 0.458 e. The fraction of sp³-hybridized carbons (Fsp3) is 0.870. The Morgan fingerprint density at radius 3 is 2.55 bits per heavy atom. The third-order valence-electron chi connectivity index (χ3n) is 10.1. The molecule has 0 bridgehead atoms. The standard InChI is InChI=1S/C23H32Br2O4/c1-20-7-5-17-18(4-3-14-10-15(26)11-23(24,25)21(14,17)2)22(20,28)8-6-16(20)13-9-19(27)29-12-13/h9,14-18,26,28H,3-8,10-12H2,1-2H3/t14-,15+,16-,17+,18-,20-,21+,22+/m1/s1. The number of halogens is 2. The van der Waals surface area contributed by atoms with E-state index in [0.29, 0.717) is 24.9 Å². The van der Waals surface area contributed by atoms with Gasteiger partial charge in [0.05, 0.1) is 14.9 Å². The molecule has 5 aliphatic rings. The van der Waals surface area contributed by atoms with Gasteiger partial charge in [0.15, 0.2) is 0 Å². The molecule has 4 fully saturated rings. The van der Waals surface area contributed by atoms with E-state index in [9.17, 15) is 15.0 Å². The Kier molecular flexibility index (Phi) is 4.74. The first-order valence-corrected chi connectivity index (χ1v) is 12.8. The van der Waals surface area contributed by atoms with Crippen molar-refractivity contribution in [2.75, 3.05) is 6.61 Å². The summed E-state index contributed by atoms with van der Waals surface area (Å²) < 4.78 is 4.92. The average molecular weight is 532 g/mol. The summed E-state index contributed by atoms with van der Waals surface area (Å²) in [5.41, 5.74) is 0.179. The maximum atomic E-state index is 12.3. The summed E-state index contributed by atoms with van der Waals surface area (Å²) in [7, 11) is 0. The molecular formula is C23H32Br2O4. The Morgan fingerprint density at radius 1 is 1.10 bits per heavy atom. The number of alkyl halides is 2. The monoisotopic (exact) mass is 530 g/mol.